The second-order valence-electron chi connectivity index (χ2n) is 6.83. The second kappa shape index (κ2) is 9.04. The van der Waals surface area contributed by atoms with Crippen LogP contribution in [0, 0.1) is 0 Å². The molecular formula is C22H26N4O4. The summed E-state index contributed by atoms with van der Waals surface area (Å²) in [6.45, 7) is 7.74. The highest BCUT2D eigenvalue weighted by atomic mass is 16.5. The van der Waals surface area contributed by atoms with E-state index in [-0.39, 0.29) is 5.91 Å². The molecule has 2 aromatic heterocycles. The Morgan fingerprint density at radius 3 is 2.63 bits per heavy atom. The molecule has 0 saturated carbocycles. The summed E-state index contributed by atoms with van der Waals surface area (Å²) < 4.78 is 19.0. The summed E-state index contributed by atoms with van der Waals surface area (Å²) in [5.74, 6) is 0.994. The second-order valence-corrected chi connectivity index (χ2v) is 6.83. The zero-order valence-corrected chi connectivity index (χ0v) is 17.3. The predicted molar refractivity (Wildman–Crippen MR) is 115 cm³/mol. The Kier molecular flexibility index (Phi) is 6.04. The number of nitrogens with one attached hydrogen (secondary N) is 1. The lowest BCUT2D eigenvalue weighted by Gasteiger charge is -2.31. The molecule has 1 amide bonds. The minimum absolute atomic E-state index is 0.304. The van der Waals surface area contributed by atoms with Crippen molar-refractivity contribution in [2.75, 3.05) is 49.7 Å². The van der Waals surface area contributed by atoms with Crippen molar-refractivity contribution in [2.24, 2.45) is 0 Å². The van der Waals surface area contributed by atoms with Gasteiger partial charge in [0.1, 0.15) is 22.8 Å². The third-order valence-corrected chi connectivity index (χ3v) is 4.86. The fraction of sp³-hybridized carbons (Fsp3) is 0.364. The Morgan fingerprint density at radius 2 is 1.90 bits per heavy atom. The molecule has 0 spiro atoms. The fourth-order valence-electron chi connectivity index (χ4n) is 3.47. The lowest BCUT2D eigenvalue weighted by Crippen LogP contribution is -2.36. The van der Waals surface area contributed by atoms with Gasteiger partial charge in [0.15, 0.2) is 0 Å². The molecule has 3 aromatic rings. The topological polar surface area (TPSA) is 77.3 Å². The number of rotatable bonds is 7. The smallest absolute Gasteiger partial charge is 0.275 e. The monoisotopic (exact) mass is 410 g/mol. The first-order chi connectivity index (χ1) is 14.7. The minimum atomic E-state index is -0.304. The number of hydrogen-bond acceptors (Lipinski definition) is 6. The van der Waals surface area contributed by atoms with Crippen LogP contribution in [0.3, 0.4) is 0 Å². The summed E-state index contributed by atoms with van der Waals surface area (Å²) in [4.78, 5) is 19.5. The van der Waals surface area contributed by atoms with Crippen LogP contribution in [0.2, 0.25) is 0 Å². The number of hydrogen-bond donors (Lipinski definition) is 1. The van der Waals surface area contributed by atoms with Crippen LogP contribution in [-0.4, -0.2) is 54.8 Å². The van der Waals surface area contributed by atoms with Gasteiger partial charge in [0.25, 0.3) is 5.91 Å². The summed E-state index contributed by atoms with van der Waals surface area (Å²) in [6, 6.07) is 9.39. The van der Waals surface area contributed by atoms with Crippen molar-refractivity contribution in [3.63, 3.8) is 0 Å². The van der Waals surface area contributed by atoms with Gasteiger partial charge in [0, 0.05) is 37.6 Å². The molecule has 3 heterocycles. The van der Waals surface area contributed by atoms with Crippen molar-refractivity contribution in [3.8, 4) is 11.5 Å². The zero-order valence-electron chi connectivity index (χ0n) is 17.3. The standard InChI is InChI=1S/C22H26N4O4/c1-3-29-19-14-18(25-9-11-28-12-10-25)20(30-4-2)13-16(19)24-22(27)17-15-26-8-6-5-7-21(26)23-17/h5-8,13-15H,3-4,9-12H2,1-2H3,(H,24,27). The van der Waals surface area contributed by atoms with Gasteiger partial charge in [-0.15, -0.1) is 0 Å². The lowest BCUT2D eigenvalue weighted by atomic mass is 10.2. The summed E-state index contributed by atoms with van der Waals surface area (Å²) in [5, 5.41) is 2.94. The molecule has 0 bridgehead atoms. The quantitative estimate of drug-likeness (QED) is 0.645. The zero-order chi connectivity index (χ0) is 20.9. The number of ether oxygens (including phenoxy) is 3. The summed E-state index contributed by atoms with van der Waals surface area (Å²) in [5.41, 5.74) is 2.54. The minimum Gasteiger partial charge on any atom is -0.492 e. The number of carbonyl (C=O) groups excluding carboxylic acids is 1. The van der Waals surface area contributed by atoms with Gasteiger partial charge in [-0.25, -0.2) is 4.98 Å². The Bertz CT molecular complexity index is 994. The average Bonchev–Trinajstić information content (AvgIpc) is 3.21. The first kappa shape index (κ1) is 20.0. The molecule has 1 fully saturated rings. The number of morpholine rings is 1. The van der Waals surface area contributed by atoms with Gasteiger partial charge in [0.2, 0.25) is 0 Å². The highest BCUT2D eigenvalue weighted by molar-refractivity contribution is 6.04. The van der Waals surface area contributed by atoms with Crippen LogP contribution >= 0.6 is 0 Å². The molecule has 0 aliphatic carbocycles. The molecule has 1 aliphatic rings. The number of pyridine rings is 1. The van der Waals surface area contributed by atoms with Crippen LogP contribution in [0.25, 0.3) is 5.65 Å². The number of imidazole rings is 1. The first-order valence-electron chi connectivity index (χ1n) is 10.2. The maximum absolute atomic E-state index is 12.9. The number of carbonyl (C=O) groups is 1. The molecule has 30 heavy (non-hydrogen) atoms. The van der Waals surface area contributed by atoms with Crippen LogP contribution in [-0.2, 0) is 4.74 Å². The summed E-state index contributed by atoms with van der Waals surface area (Å²) in [6.07, 6.45) is 3.56. The van der Waals surface area contributed by atoms with Crippen molar-refractivity contribution in [1.29, 1.82) is 0 Å². The number of fused-ring (bicyclic) bond motifs is 1. The molecule has 1 aromatic carbocycles. The first-order valence-corrected chi connectivity index (χ1v) is 10.2. The number of benzene rings is 1. The Hall–Kier alpha value is -3.26. The molecule has 1 saturated heterocycles. The molecular weight excluding hydrogens is 384 g/mol. The van der Waals surface area contributed by atoms with Crippen LogP contribution in [0.1, 0.15) is 24.3 Å². The van der Waals surface area contributed by atoms with E-state index in [0.29, 0.717) is 55.0 Å². The van der Waals surface area contributed by atoms with E-state index >= 15 is 0 Å². The average molecular weight is 410 g/mol. The van der Waals surface area contributed by atoms with Gasteiger partial charge in [-0.3, -0.25) is 4.79 Å². The van der Waals surface area contributed by atoms with E-state index in [1.54, 1.807) is 6.20 Å². The molecule has 0 radical (unpaired) electrons. The number of amides is 1. The van der Waals surface area contributed by atoms with Crippen molar-refractivity contribution < 1.29 is 19.0 Å². The van der Waals surface area contributed by atoms with Crippen LogP contribution < -0.4 is 19.7 Å². The Morgan fingerprint density at radius 1 is 1.13 bits per heavy atom. The highest BCUT2D eigenvalue weighted by Crippen LogP contribution is 2.39. The fourth-order valence-corrected chi connectivity index (χ4v) is 3.47. The van der Waals surface area contributed by atoms with Gasteiger partial charge in [-0.1, -0.05) is 6.07 Å². The molecule has 158 valence electrons. The number of nitrogens with zero attached hydrogens (tertiary/aromatic N) is 3. The molecule has 8 heteroatoms. The Balaban J connectivity index is 1.66. The molecule has 8 nitrogen and oxygen atoms in total. The third kappa shape index (κ3) is 4.18. The van der Waals surface area contributed by atoms with E-state index in [0.717, 1.165) is 18.8 Å². The molecule has 4 rings (SSSR count). The van der Waals surface area contributed by atoms with Gasteiger partial charge in [-0.05, 0) is 26.0 Å². The molecule has 1 aliphatic heterocycles. The summed E-state index contributed by atoms with van der Waals surface area (Å²) in [7, 11) is 0. The van der Waals surface area contributed by atoms with E-state index in [4.69, 9.17) is 14.2 Å². The van der Waals surface area contributed by atoms with Crippen LogP contribution in [0.5, 0.6) is 11.5 Å². The van der Waals surface area contributed by atoms with Crippen molar-refractivity contribution in [3.05, 3.63) is 48.4 Å². The maximum Gasteiger partial charge on any atom is 0.275 e. The van der Waals surface area contributed by atoms with Crippen molar-refractivity contribution in [2.45, 2.75) is 13.8 Å². The number of aromatic nitrogens is 2. The van der Waals surface area contributed by atoms with Crippen molar-refractivity contribution in [1.82, 2.24) is 9.38 Å². The molecule has 0 unspecified atom stereocenters. The molecule has 1 N–H and O–H groups in total. The lowest BCUT2D eigenvalue weighted by molar-refractivity contribution is 0.102. The van der Waals surface area contributed by atoms with E-state index in [1.165, 1.54) is 0 Å². The number of anilines is 2. The van der Waals surface area contributed by atoms with E-state index in [9.17, 15) is 4.79 Å². The van der Waals surface area contributed by atoms with E-state index in [1.807, 2.05) is 54.8 Å². The van der Waals surface area contributed by atoms with E-state index < -0.39 is 0 Å². The normalized spacial score (nSPS) is 14.0. The third-order valence-electron chi connectivity index (χ3n) is 4.86. The predicted octanol–water partition coefficient (Wildman–Crippen LogP) is 3.22. The van der Waals surface area contributed by atoms with Crippen LogP contribution in [0.15, 0.2) is 42.7 Å². The largest absolute Gasteiger partial charge is 0.492 e. The maximum atomic E-state index is 12.9. The SMILES string of the molecule is CCOc1cc(N2CCOCC2)c(OCC)cc1NC(=O)c1cn2ccccc2n1. The van der Waals surface area contributed by atoms with Crippen molar-refractivity contribution >= 4 is 22.9 Å². The van der Waals surface area contributed by atoms with E-state index in [2.05, 4.69) is 15.2 Å². The Labute approximate surface area is 175 Å². The van der Waals surface area contributed by atoms with Gasteiger partial charge < -0.3 is 28.8 Å². The van der Waals surface area contributed by atoms with Gasteiger partial charge in [0.05, 0.1) is 37.8 Å². The highest BCUT2D eigenvalue weighted by Gasteiger charge is 2.21. The summed E-state index contributed by atoms with van der Waals surface area (Å²) >= 11 is 0. The van der Waals surface area contributed by atoms with Crippen LogP contribution in [0.4, 0.5) is 11.4 Å². The van der Waals surface area contributed by atoms with Gasteiger partial charge in [-0.2, -0.15) is 0 Å². The molecule has 0 atom stereocenters. The van der Waals surface area contributed by atoms with Gasteiger partial charge >= 0.3 is 0 Å².